The third kappa shape index (κ3) is 7.48. The minimum Gasteiger partial charge on any atom is -0.489 e. The van der Waals surface area contributed by atoms with Gasteiger partial charge in [0.1, 0.15) is 23.8 Å². The van der Waals surface area contributed by atoms with Gasteiger partial charge in [0.15, 0.2) is 6.61 Å². The van der Waals surface area contributed by atoms with Crippen molar-refractivity contribution in [2.24, 2.45) is 5.10 Å². The summed E-state index contributed by atoms with van der Waals surface area (Å²) in [7, 11) is 0. The van der Waals surface area contributed by atoms with Gasteiger partial charge in [-0.25, -0.2) is 10.1 Å². The highest BCUT2D eigenvalue weighted by molar-refractivity contribution is 5.89. The largest absolute Gasteiger partial charge is 0.489 e. The molecule has 0 aliphatic rings. The van der Waals surface area contributed by atoms with Crippen molar-refractivity contribution in [1.82, 2.24) is 15.2 Å². The molecule has 206 valence electrons. The maximum atomic E-state index is 12.4. The maximum absolute atomic E-state index is 12.4. The number of rotatable bonds is 11. The minimum atomic E-state index is -0.355. The molecule has 0 unspecified atom stereocenters. The number of hydrazone groups is 1. The highest BCUT2D eigenvalue weighted by Gasteiger charge is 2.12. The molecule has 7 heteroatoms. The van der Waals surface area contributed by atoms with Crippen molar-refractivity contribution >= 4 is 12.1 Å². The van der Waals surface area contributed by atoms with Crippen molar-refractivity contribution in [2.75, 3.05) is 6.61 Å². The lowest BCUT2D eigenvalue weighted by atomic mass is 10.0. The Labute approximate surface area is 240 Å². The van der Waals surface area contributed by atoms with Gasteiger partial charge in [0.25, 0.3) is 5.91 Å². The lowest BCUT2D eigenvalue weighted by Gasteiger charge is -2.08. The summed E-state index contributed by atoms with van der Waals surface area (Å²) in [4.78, 5) is 12.4. The fourth-order valence-corrected chi connectivity index (χ4v) is 4.17. The number of benzene rings is 4. The lowest BCUT2D eigenvalue weighted by Crippen LogP contribution is -2.24. The molecular weight excluding hydrogens is 512 g/mol. The highest BCUT2D eigenvalue weighted by atomic mass is 16.5. The smallest absolute Gasteiger partial charge is 0.277 e. The maximum Gasteiger partial charge on any atom is 0.277 e. The first-order valence-corrected chi connectivity index (χ1v) is 13.5. The first-order valence-electron chi connectivity index (χ1n) is 13.5. The van der Waals surface area contributed by atoms with Gasteiger partial charge >= 0.3 is 0 Å². The first kappa shape index (κ1) is 27.4. The van der Waals surface area contributed by atoms with Crippen LogP contribution in [0.25, 0.3) is 16.9 Å². The molecule has 5 rings (SSSR count). The van der Waals surface area contributed by atoms with Crippen molar-refractivity contribution in [3.63, 3.8) is 0 Å². The van der Waals surface area contributed by atoms with Crippen LogP contribution in [0.4, 0.5) is 0 Å². The lowest BCUT2D eigenvalue weighted by molar-refractivity contribution is -0.123. The number of hydrogen-bond donors (Lipinski definition) is 1. The van der Waals surface area contributed by atoms with E-state index in [1.165, 1.54) is 5.56 Å². The van der Waals surface area contributed by atoms with Crippen LogP contribution in [0, 0.1) is 0 Å². The molecule has 1 N–H and O–H groups in total. The van der Waals surface area contributed by atoms with E-state index in [0.717, 1.165) is 33.8 Å². The predicted molar refractivity (Wildman–Crippen MR) is 162 cm³/mol. The summed E-state index contributed by atoms with van der Waals surface area (Å²) >= 11 is 0. The summed E-state index contributed by atoms with van der Waals surface area (Å²) in [6, 6.07) is 35.4. The number of nitrogens with one attached hydrogen (secondary N) is 1. The van der Waals surface area contributed by atoms with Gasteiger partial charge in [-0.05, 0) is 65.6 Å². The number of carbonyl (C=O) groups excluding carboxylic acids is 1. The van der Waals surface area contributed by atoms with Gasteiger partial charge in [-0.3, -0.25) is 4.79 Å². The normalized spacial score (nSPS) is 11.1. The van der Waals surface area contributed by atoms with Gasteiger partial charge < -0.3 is 9.47 Å². The van der Waals surface area contributed by atoms with Gasteiger partial charge in [-0.1, -0.05) is 74.5 Å². The Balaban J connectivity index is 1.27. The van der Waals surface area contributed by atoms with Crippen molar-refractivity contribution in [3.05, 3.63) is 132 Å². The number of ether oxygens (including phenoxy) is 2. The third-order valence-corrected chi connectivity index (χ3v) is 6.45. The van der Waals surface area contributed by atoms with Crippen LogP contribution in [-0.4, -0.2) is 28.5 Å². The summed E-state index contributed by atoms with van der Waals surface area (Å²) in [5.41, 5.74) is 8.15. The molecule has 0 aliphatic heterocycles. The van der Waals surface area contributed by atoms with E-state index in [4.69, 9.17) is 14.6 Å². The van der Waals surface area contributed by atoms with E-state index in [2.05, 4.69) is 24.4 Å². The Morgan fingerprint density at radius 1 is 0.854 bits per heavy atom. The number of nitrogens with zero attached hydrogens (tertiary/aromatic N) is 3. The minimum absolute atomic E-state index is 0.140. The number of aromatic nitrogens is 2. The fourth-order valence-electron chi connectivity index (χ4n) is 4.17. The second-order valence-corrected chi connectivity index (χ2v) is 9.82. The zero-order chi connectivity index (χ0) is 28.4. The molecule has 5 aromatic rings. The van der Waals surface area contributed by atoms with E-state index in [0.29, 0.717) is 18.3 Å². The van der Waals surface area contributed by atoms with Crippen LogP contribution in [0.1, 0.15) is 36.5 Å². The average Bonchev–Trinajstić information content (AvgIpc) is 3.44. The highest BCUT2D eigenvalue weighted by Crippen LogP contribution is 2.25. The topological polar surface area (TPSA) is 77.7 Å². The van der Waals surface area contributed by atoms with E-state index in [1.54, 1.807) is 10.9 Å². The summed E-state index contributed by atoms with van der Waals surface area (Å²) in [5, 5.41) is 9.00. The monoisotopic (exact) mass is 544 g/mol. The zero-order valence-electron chi connectivity index (χ0n) is 23.1. The van der Waals surface area contributed by atoms with Gasteiger partial charge in [0.2, 0.25) is 0 Å². The SMILES string of the molecule is CC(C)c1ccc(OCC(=O)NN=Cc2cn(-c3ccccc3)nc2-c2ccc(OCc3ccccc3)cc2)cc1. The molecule has 0 spiro atoms. The van der Waals surface area contributed by atoms with Crippen LogP contribution >= 0.6 is 0 Å². The molecule has 0 fully saturated rings. The Morgan fingerprint density at radius 2 is 1.49 bits per heavy atom. The van der Waals surface area contributed by atoms with Crippen LogP contribution in [0.5, 0.6) is 11.5 Å². The van der Waals surface area contributed by atoms with Crippen LogP contribution in [0.15, 0.2) is 120 Å². The van der Waals surface area contributed by atoms with E-state index < -0.39 is 0 Å². The Morgan fingerprint density at radius 3 is 2.17 bits per heavy atom. The van der Waals surface area contributed by atoms with Crippen molar-refractivity contribution in [1.29, 1.82) is 0 Å². The number of hydrogen-bond acceptors (Lipinski definition) is 5. The number of para-hydroxylation sites is 1. The van der Waals surface area contributed by atoms with Crippen LogP contribution < -0.4 is 14.9 Å². The van der Waals surface area contributed by atoms with Gasteiger partial charge in [0.05, 0.1) is 11.9 Å². The molecule has 41 heavy (non-hydrogen) atoms. The molecule has 1 heterocycles. The quantitative estimate of drug-likeness (QED) is 0.147. The van der Waals surface area contributed by atoms with E-state index in [1.807, 2.05) is 115 Å². The molecule has 7 nitrogen and oxygen atoms in total. The molecular formula is C34H32N4O3. The molecule has 0 saturated heterocycles. The van der Waals surface area contributed by atoms with Gasteiger partial charge in [-0.2, -0.15) is 10.2 Å². The van der Waals surface area contributed by atoms with E-state index >= 15 is 0 Å². The average molecular weight is 545 g/mol. The van der Waals surface area contributed by atoms with Crippen molar-refractivity contribution in [3.8, 4) is 28.4 Å². The second kappa shape index (κ2) is 13.3. The molecule has 0 radical (unpaired) electrons. The molecule has 4 aromatic carbocycles. The van der Waals surface area contributed by atoms with Crippen molar-refractivity contribution < 1.29 is 14.3 Å². The summed E-state index contributed by atoms with van der Waals surface area (Å²) < 4.78 is 13.3. The summed E-state index contributed by atoms with van der Waals surface area (Å²) in [5.74, 6) is 1.48. The summed E-state index contributed by atoms with van der Waals surface area (Å²) in [6.07, 6.45) is 3.48. The third-order valence-electron chi connectivity index (χ3n) is 6.45. The first-order chi connectivity index (χ1) is 20.0. The second-order valence-electron chi connectivity index (χ2n) is 9.82. The number of carbonyl (C=O) groups is 1. The standard InChI is InChI=1S/C34H32N4O3/c1-25(2)27-13-17-32(18-14-27)41-24-33(39)36-35-21-29-22-38(30-11-7-4-8-12-30)37-34(29)28-15-19-31(20-16-28)40-23-26-9-5-3-6-10-26/h3-22,25H,23-24H2,1-2H3,(H,36,39). The van der Waals surface area contributed by atoms with Crippen LogP contribution in [-0.2, 0) is 11.4 Å². The van der Waals surface area contributed by atoms with Gasteiger partial charge in [-0.15, -0.1) is 0 Å². The van der Waals surface area contributed by atoms with Crippen LogP contribution in [0.2, 0.25) is 0 Å². The summed E-state index contributed by atoms with van der Waals surface area (Å²) in [6.45, 7) is 4.62. The van der Waals surface area contributed by atoms with Crippen LogP contribution in [0.3, 0.4) is 0 Å². The Hall–Kier alpha value is -5.17. The molecule has 1 aromatic heterocycles. The van der Waals surface area contributed by atoms with E-state index in [9.17, 15) is 4.79 Å². The van der Waals surface area contributed by atoms with Crippen molar-refractivity contribution in [2.45, 2.75) is 26.4 Å². The predicted octanol–water partition coefficient (Wildman–Crippen LogP) is 6.77. The molecule has 0 saturated carbocycles. The van der Waals surface area contributed by atoms with E-state index in [-0.39, 0.29) is 12.5 Å². The molecule has 0 atom stereocenters. The molecule has 1 amide bonds. The Bertz CT molecular complexity index is 1580. The number of amides is 1. The zero-order valence-corrected chi connectivity index (χ0v) is 23.1. The fraction of sp³-hybridized carbons (Fsp3) is 0.147. The molecule has 0 aliphatic carbocycles. The van der Waals surface area contributed by atoms with Gasteiger partial charge in [0, 0.05) is 17.3 Å². The Kier molecular flexibility index (Phi) is 8.86. The molecule has 0 bridgehead atoms.